The summed E-state index contributed by atoms with van der Waals surface area (Å²) in [7, 11) is 2.83. The molecule has 2 aromatic carbocycles. The van der Waals surface area contributed by atoms with Crippen LogP contribution >= 0.6 is 0 Å². The zero-order valence-corrected chi connectivity index (χ0v) is 13.5. The van der Waals surface area contributed by atoms with Gasteiger partial charge in [0.25, 0.3) is 5.91 Å². The number of nitrogens with zero attached hydrogens (tertiary/aromatic N) is 1. The second-order valence-corrected chi connectivity index (χ2v) is 5.20. The van der Waals surface area contributed by atoms with Crippen LogP contribution in [0.1, 0.15) is 15.9 Å². The molecule has 5 nitrogen and oxygen atoms in total. The third-order valence-corrected chi connectivity index (χ3v) is 3.39. The average molecular weight is 355 g/mol. The van der Waals surface area contributed by atoms with Gasteiger partial charge in [-0.25, -0.2) is 0 Å². The molecule has 25 heavy (non-hydrogen) atoms. The number of hydrogen-bond donors (Lipinski definition) is 1. The Morgan fingerprint density at radius 2 is 1.88 bits per heavy atom. The predicted octanol–water partition coefficient (Wildman–Crippen LogP) is 3.57. The van der Waals surface area contributed by atoms with E-state index in [1.54, 1.807) is 6.07 Å². The minimum absolute atomic E-state index is 0.0116. The van der Waals surface area contributed by atoms with Gasteiger partial charge in [-0.3, -0.25) is 4.79 Å². The van der Waals surface area contributed by atoms with E-state index in [4.69, 9.17) is 4.74 Å². The van der Waals surface area contributed by atoms with Crippen molar-refractivity contribution in [1.82, 2.24) is 4.90 Å². The lowest BCUT2D eigenvalue weighted by atomic mass is 10.1. The summed E-state index contributed by atoms with van der Waals surface area (Å²) in [6, 6.07) is 9.71. The normalized spacial score (nSPS) is 11.1. The third-order valence-electron chi connectivity index (χ3n) is 3.39. The molecule has 2 rings (SSSR count). The number of ether oxygens (including phenoxy) is 2. The van der Waals surface area contributed by atoms with Crippen LogP contribution < -0.4 is 9.47 Å². The van der Waals surface area contributed by atoms with E-state index in [-0.39, 0.29) is 29.2 Å². The van der Waals surface area contributed by atoms with Gasteiger partial charge in [0.2, 0.25) is 0 Å². The first kappa shape index (κ1) is 18.4. The van der Waals surface area contributed by atoms with Crippen molar-refractivity contribution in [2.75, 3.05) is 14.2 Å². The van der Waals surface area contributed by atoms with E-state index in [0.29, 0.717) is 5.75 Å². The minimum atomic E-state index is -4.83. The van der Waals surface area contributed by atoms with Gasteiger partial charge in [0.1, 0.15) is 17.2 Å². The molecule has 0 aromatic heterocycles. The maximum Gasteiger partial charge on any atom is 0.573 e. The van der Waals surface area contributed by atoms with Gasteiger partial charge in [-0.15, -0.1) is 13.2 Å². The lowest BCUT2D eigenvalue weighted by Gasteiger charge is -2.20. The Kier molecular flexibility index (Phi) is 5.41. The molecule has 0 aliphatic carbocycles. The first-order valence-corrected chi connectivity index (χ1v) is 7.17. The number of halogens is 3. The second-order valence-electron chi connectivity index (χ2n) is 5.20. The van der Waals surface area contributed by atoms with E-state index in [9.17, 15) is 23.1 Å². The fraction of sp³-hybridized carbons (Fsp3) is 0.235. The molecule has 1 amide bonds. The molecular weight excluding hydrogens is 339 g/mol. The van der Waals surface area contributed by atoms with E-state index in [1.807, 2.05) is 0 Å². The van der Waals surface area contributed by atoms with E-state index in [1.165, 1.54) is 55.5 Å². The van der Waals surface area contributed by atoms with Gasteiger partial charge in [-0.2, -0.15) is 0 Å². The number of aromatic hydroxyl groups is 1. The molecule has 1 N–H and O–H groups in total. The Hall–Kier alpha value is -2.90. The minimum Gasteiger partial charge on any atom is -0.507 e. The summed E-state index contributed by atoms with van der Waals surface area (Å²) in [4.78, 5) is 13.6. The number of carbonyl (C=O) groups is 1. The molecule has 0 radical (unpaired) electrons. The number of phenolic OH excluding ortho intramolecular Hbond substituents is 1. The maximum atomic E-state index is 12.5. The van der Waals surface area contributed by atoms with Gasteiger partial charge in [0.15, 0.2) is 0 Å². The van der Waals surface area contributed by atoms with Crippen LogP contribution in [0.25, 0.3) is 0 Å². The summed E-state index contributed by atoms with van der Waals surface area (Å²) < 4.78 is 46.3. The SMILES string of the molecule is COc1ccc(C(=O)N(C)Cc2ccccc2OC(F)(F)F)c(O)c1. The number of para-hydroxylation sites is 1. The zero-order valence-electron chi connectivity index (χ0n) is 13.5. The molecule has 0 saturated heterocycles. The van der Waals surface area contributed by atoms with E-state index in [2.05, 4.69) is 4.74 Å². The highest BCUT2D eigenvalue weighted by Crippen LogP contribution is 2.28. The number of hydrogen-bond acceptors (Lipinski definition) is 4. The third kappa shape index (κ3) is 4.79. The van der Waals surface area contributed by atoms with Crippen molar-refractivity contribution in [2.45, 2.75) is 12.9 Å². The molecule has 0 bridgehead atoms. The van der Waals surface area contributed by atoms with Crippen LogP contribution in [0.2, 0.25) is 0 Å². The highest BCUT2D eigenvalue weighted by molar-refractivity contribution is 5.96. The van der Waals surface area contributed by atoms with Crippen LogP contribution in [0.4, 0.5) is 13.2 Å². The van der Waals surface area contributed by atoms with Gasteiger partial charge >= 0.3 is 6.36 Å². The highest BCUT2D eigenvalue weighted by Gasteiger charge is 2.32. The van der Waals surface area contributed by atoms with Crippen LogP contribution in [-0.2, 0) is 6.54 Å². The van der Waals surface area contributed by atoms with E-state index >= 15 is 0 Å². The number of benzene rings is 2. The van der Waals surface area contributed by atoms with E-state index in [0.717, 1.165) is 0 Å². The van der Waals surface area contributed by atoms with Crippen molar-refractivity contribution in [3.63, 3.8) is 0 Å². The second kappa shape index (κ2) is 7.33. The molecule has 8 heteroatoms. The van der Waals surface area contributed by atoms with Gasteiger partial charge in [-0.05, 0) is 18.2 Å². The lowest BCUT2D eigenvalue weighted by Crippen LogP contribution is -2.27. The number of methoxy groups -OCH3 is 1. The van der Waals surface area contributed by atoms with Crippen LogP contribution in [-0.4, -0.2) is 36.4 Å². The molecule has 0 saturated carbocycles. The van der Waals surface area contributed by atoms with Crippen LogP contribution in [0.15, 0.2) is 42.5 Å². The molecule has 0 heterocycles. The summed E-state index contributed by atoms with van der Waals surface area (Å²) >= 11 is 0. The topological polar surface area (TPSA) is 59.0 Å². The molecule has 0 fully saturated rings. The number of rotatable bonds is 5. The molecule has 0 aliphatic heterocycles. The average Bonchev–Trinajstić information content (AvgIpc) is 2.54. The first-order chi connectivity index (χ1) is 11.7. The largest absolute Gasteiger partial charge is 0.573 e. The standard InChI is InChI=1S/C17H16F3NO4/c1-21(16(23)13-8-7-12(24-2)9-14(13)22)10-11-5-3-4-6-15(11)25-17(18,19)20/h3-9,22H,10H2,1-2H3. The summed E-state index contributed by atoms with van der Waals surface area (Å²) in [6.07, 6.45) is -4.83. The molecule has 0 spiro atoms. The monoisotopic (exact) mass is 355 g/mol. The van der Waals surface area contributed by atoms with Crippen molar-refractivity contribution in [3.05, 3.63) is 53.6 Å². The fourth-order valence-corrected chi connectivity index (χ4v) is 2.21. The van der Waals surface area contributed by atoms with Crippen molar-refractivity contribution in [3.8, 4) is 17.2 Å². The summed E-state index contributed by atoms with van der Waals surface area (Å²) in [5, 5.41) is 9.91. The number of carbonyl (C=O) groups excluding carboxylic acids is 1. The smallest absolute Gasteiger partial charge is 0.507 e. The number of amides is 1. The molecule has 0 unspecified atom stereocenters. The van der Waals surface area contributed by atoms with Gasteiger partial charge in [0.05, 0.1) is 12.7 Å². The van der Waals surface area contributed by atoms with Gasteiger partial charge in [0, 0.05) is 25.2 Å². The molecule has 0 aliphatic rings. The Bertz CT molecular complexity index is 762. The summed E-state index contributed by atoms with van der Waals surface area (Å²) in [6.45, 7) is -0.128. The van der Waals surface area contributed by atoms with Crippen LogP contribution in [0.5, 0.6) is 17.2 Å². The van der Waals surface area contributed by atoms with Crippen molar-refractivity contribution >= 4 is 5.91 Å². The first-order valence-electron chi connectivity index (χ1n) is 7.17. The molecule has 134 valence electrons. The van der Waals surface area contributed by atoms with Gasteiger partial charge < -0.3 is 19.5 Å². The Morgan fingerprint density at radius 1 is 1.20 bits per heavy atom. The summed E-state index contributed by atoms with van der Waals surface area (Å²) in [5.74, 6) is -0.841. The Morgan fingerprint density at radius 3 is 2.48 bits per heavy atom. The quantitative estimate of drug-likeness (QED) is 0.891. The maximum absolute atomic E-state index is 12.5. The fourth-order valence-electron chi connectivity index (χ4n) is 2.21. The van der Waals surface area contributed by atoms with Crippen molar-refractivity contribution < 1.29 is 32.5 Å². The van der Waals surface area contributed by atoms with E-state index < -0.39 is 12.3 Å². The van der Waals surface area contributed by atoms with Crippen LogP contribution in [0, 0.1) is 0 Å². The zero-order chi connectivity index (χ0) is 18.6. The van der Waals surface area contributed by atoms with Crippen molar-refractivity contribution in [1.29, 1.82) is 0 Å². The molecule has 2 aromatic rings. The van der Waals surface area contributed by atoms with Gasteiger partial charge in [-0.1, -0.05) is 18.2 Å². The molecular formula is C17H16F3NO4. The number of phenols is 1. The van der Waals surface area contributed by atoms with Crippen LogP contribution in [0.3, 0.4) is 0 Å². The predicted molar refractivity (Wildman–Crippen MR) is 83.6 cm³/mol. The Balaban J connectivity index is 2.20. The number of alkyl halides is 3. The highest BCUT2D eigenvalue weighted by atomic mass is 19.4. The Labute approximate surface area is 142 Å². The molecule has 0 atom stereocenters. The van der Waals surface area contributed by atoms with Crippen molar-refractivity contribution in [2.24, 2.45) is 0 Å². The summed E-state index contributed by atoms with van der Waals surface area (Å²) in [5.41, 5.74) is 0.196. The lowest BCUT2D eigenvalue weighted by molar-refractivity contribution is -0.275.